The number of rotatable bonds is 4. The summed E-state index contributed by atoms with van der Waals surface area (Å²) >= 11 is 3.08. The second-order valence-corrected chi connectivity index (χ2v) is 4.82. The molecule has 0 amide bonds. The number of hydrogen-bond donors (Lipinski definition) is 0. The number of carbonyl (C=O) groups is 2. The number of benzene rings is 1. The van der Waals surface area contributed by atoms with Crippen LogP contribution in [0.3, 0.4) is 0 Å². The maximum Gasteiger partial charge on any atom is 0.374 e. The van der Waals surface area contributed by atoms with Gasteiger partial charge in [0, 0.05) is 10.0 Å². The van der Waals surface area contributed by atoms with Crippen LogP contribution in [-0.4, -0.2) is 19.0 Å². The third-order valence-electron chi connectivity index (χ3n) is 2.63. The number of methoxy groups -OCH3 is 1. The molecule has 2 rings (SSSR count). The minimum absolute atomic E-state index is 0.0246. The Hall–Kier alpha value is -2.15. The highest BCUT2D eigenvalue weighted by molar-refractivity contribution is 9.10. The summed E-state index contributed by atoms with van der Waals surface area (Å²) in [5, 5.41) is 0. The third-order valence-corrected chi connectivity index (χ3v) is 3.28. The molecule has 0 atom stereocenters. The quantitative estimate of drug-likeness (QED) is 0.786. The largest absolute Gasteiger partial charge is 0.463 e. The Morgan fingerprint density at radius 3 is 2.71 bits per heavy atom. The molecule has 110 valence electrons. The molecular formula is C14H10BrFO5. The van der Waals surface area contributed by atoms with Crippen molar-refractivity contribution in [2.24, 2.45) is 0 Å². The van der Waals surface area contributed by atoms with E-state index in [1.165, 1.54) is 25.5 Å². The normalized spacial score (nSPS) is 10.2. The van der Waals surface area contributed by atoms with E-state index in [9.17, 15) is 14.0 Å². The van der Waals surface area contributed by atoms with Gasteiger partial charge in [0.2, 0.25) is 5.76 Å². The molecule has 0 bridgehead atoms. The van der Waals surface area contributed by atoms with Gasteiger partial charge in [0.05, 0.1) is 18.9 Å². The van der Waals surface area contributed by atoms with Crippen LogP contribution in [0.4, 0.5) is 4.39 Å². The van der Waals surface area contributed by atoms with Gasteiger partial charge in [-0.2, -0.15) is 0 Å². The van der Waals surface area contributed by atoms with Crippen LogP contribution in [0.25, 0.3) is 0 Å². The van der Waals surface area contributed by atoms with Crippen LogP contribution in [-0.2, 0) is 16.1 Å². The van der Waals surface area contributed by atoms with E-state index in [4.69, 9.17) is 9.15 Å². The van der Waals surface area contributed by atoms with Gasteiger partial charge in [-0.05, 0) is 40.2 Å². The Morgan fingerprint density at radius 2 is 2.05 bits per heavy atom. The van der Waals surface area contributed by atoms with Crippen molar-refractivity contribution in [1.82, 2.24) is 0 Å². The van der Waals surface area contributed by atoms with Gasteiger partial charge in [-0.25, -0.2) is 14.0 Å². The molecule has 21 heavy (non-hydrogen) atoms. The van der Waals surface area contributed by atoms with Gasteiger partial charge in [0.25, 0.3) is 0 Å². The van der Waals surface area contributed by atoms with Crippen molar-refractivity contribution < 1.29 is 27.9 Å². The Kier molecular flexibility index (Phi) is 4.74. The fraction of sp³-hybridized carbons (Fsp3) is 0.143. The molecule has 0 unspecified atom stereocenters. The molecule has 0 aliphatic heterocycles. The highest BCUT2D eigenvalue weighted by atomic mass is 79.9. The van der Waals surface area contributed by atoms with E-state index in [-0.39, 0.29) is 22.4 Å². The van der Waals surface area contributed by atoms with Crippen LogP contribution < -0.4 is 0 Å². The smallest absolute Gasteiger partial charge is 0.374 e. The van der Waals surface area contributed by atoms with Crippen molar-refractivity contribution in [2.45, 2.75) is 6.61 Å². The standard InChI is InChI=1S/C14H10BrFO5/c1-19-14(18)12-8(4-5-20-12)7-21-13(17)10-3-2-9(16)6-11(10)15/h2-6H,7H2,1H3. The number of ether oxygens (including phenoxy) is 2. The molecule has 1 aromatic carbocycles. The maximum absolute atomic E-state index is 13.0. The lowest BCUT2D eigenvalue weighted by atomic mass is 10.2. The first-order chi connectivity index (χ1) is 10.0. The molecule has 0 fully saturated rings. The average molecular weight is 357 g/mol. The SMILES string of the molecule is COC(=O)c1occc1COC(=O)c1ccc(F)cc1Br. The molecular weight excluding hydrogens is 347 g/mol. The van der Waals surface area contributed by atoms with E-state index in [0.29, 0.717) is 5.56 Å². The molecule has 0 spiro atoms. The van der Waals surface area contributed by atoms with E-state index >= 15 is 0 Å². The minimum atomic E-state index is -0.658. The van der Waals surface area contributed by atoms with Gasteiger partial charge in [-0.15, -0.1) is 0 Å². The highest BCUT2D eigenvalue weighted by Gasteiger charge is 2.18. The second kappa shape index (κ2) is 6.53. The van der Waals surface area contributed by atoms with Gasteiger partial charge >= 0.3 is 11.9 Å². The number of esters is 2. The van der Waals surface area contributed by atoms with E-state index in [1.54, 1.807) is 0 Å². The summed E-state index contributed by atoms with van der Waals surface area (Å²) in [4.78, 5) is 23.3. The summed E-state index contributed by atoms with van der Waals surface area (Å²) < 4.78 is 27.8. The van der Waals surface area contributed by atoms with Crippen LogP contribution in [0.1, 0.15) is 26.5 Å². The molecule has 0 aliphatic carbocycles. The lowest BCUT2D eigenvalue weighted by molar-refractivity contribution is 0.0452. The molecule has 0 aliphatic rings. The second-order valence-electron chi connectivity index (χ2n) is 3.97. The van der Waals surface area contributed by atoms with Gasteiger partial charge < -0.3 is 13.9 Å². The van der Waals surface area contributed by atoms with Crippen LogP contribution in [0, 0.1) is 5.82 Å². The number of furan rings is 1. The first-order valence-corrected chi connectivity index (χ1v) is 6.59. The zero-order valence-corrected chi connectivity index (χ0v) is 12.5. The topological polar surface area (TPSA) is 65.7 Å². The van der Waals surface area contributed by atoms with Gasteiger partial charge in [0.15, 0.2) is 0 Å². The van der Waals surface area contributed by atoms with E-state index in [1.807, 2.05) is 0 Å². The van der Waals surface area contributed by atoms with Crippen LogP contribution >= 0.6 is 15.9 Å². The number of hydrogen-bond acceptors (Lipinski definition) is 5. The predicted octanol–water partition coefficient (Wildman–Crippen LogP) is 3.32. The molecule has 7 heteroatoms. The van der Waals surface area contributed by atoms with Crippen molar-refractivity contribution in [1.29, 1.82) is 0 Å². The summed E-state index contributed by atoms with van der Waals surface area (Å²) in [7, 11) is 1.22. The lowest BCUT2D eigenvalue weighted by Gasteiger charge is -2.06. The van der Waals surface area contributed by atoms with Gasteiger partial charge in [-0.1, -0.05) is 0 Å². The van der Waals surface area contributed by atoms with Gasteiger partial charge in [-0.3, -0.25) is 0 Å². The zero-order chi connectivity index (χ0) is 15.4. The summed E-state index contributed by atoms with van der Waals surface area (Å²) in [6, 6.07) is 5.12. The molecule has 0 N–H and O–H groups in total. The Labute approximate surface area is 127 Å². The van der Waals surface area contributed by atoms with Crippen LogP contribution in [0.5, 0.6) is 0 Å². The minimum Gasteiger partial charge on any atom is -0.463 e. The van der Waals surface area contributed by atoms with Crippen molar-refractivity contribution in [3.63, 3.8) is 0 Å². The molecule has 5 nitrogen and oxygen atoms in total. The van der Waals surface area contributed by atoms with E-state index < -0.39 is 17.8 Å². The number of halogens is 2. The van der Waals surface area contributed by atoms with Crippen LogP contribution in [0.2, 0.25) is 0 Å². The van der Waals surface area contributed by atoms with E-state index in [2.05, 4.69) is 20.7 Å². The summed E-state index contributed by atoms with van der Waals surface area (Å²) in [6.45, 7) is -0.163. The fourth-order valence-corrected chi connectivity index (χ4v) is 2.11. The number of carbonyl (C=O) groups excluding carboxylic acids is 2. The summed E-state index contributed by atoms with van der Waals surface area (Å²) in [5.41, 5.74) is 0.563. The molecule has 1 aromatic heterocycles. The van der Waals surface area contributed by atoms with E-state index in [0.717, 1.165) is 12.1 Å². The fourth-order valence-electron chi connectivity index (χ4n) is 1.60. The molecule has 0 saturated heterocycles. The Balaban J connectivity index is 2.08. The van der Waals surface area contributed by atoms with Crippen LogP contribution in [0.15, 0.2) is 39.4 Å². The van der Waals surface area contributed by atoms with Crippen molar-refractivity contribution in [2.75, 3.05) is 7.11 Å². The Morgan fingerprint density at radius 1 is 1.29 bits per heavy atom. The average Bonchev–Trinajstić information content (AvgIpc) is 2.92. The maximum atomic E-state index is 13.0. The predicted molar refractivity (Wildman–Crippen MR) is 73.3 cm³/mol. The summed E-state index contributed by atoms with van der Waals surface area (Å²) in [6.07, 6.45) is 1.29. The lowest BCUT2D eigenvalue weighted by Crippen LogP contribution is -2.09. The summed E-state index contributed by atoms with van der Waals surface area (Å²) in [5.74, 6) is -1.81. The van der Waals surface area contributed by atoms with Crippen molar-refractivity contribution in [3.8, 4) is 0 Å². The molecule has 1 heterocycles. The van der Waals surface area contributed by atoms with Crippen molar-refractivity contribution in [3.05, 3.63) is 57.7 Å². The highest BCUT2D eigenvalue weighted by Crippen LogP contribution is 2.20. The third kappa shape index (κ3) is 3.49. The monoisotopic (exact) mass is 356 g/mol. The zero-order valence-electron chi connectivity index (χ0n) is 10.9. The molecule has 2 aromatic rings. The first-order valence-electron chi connectivity index (χ1n) is 5.79. The molecule has 0 saturated carbocycles. The Bertz CT molecular complexity index is 680. The molecule has 0 radical (unpaired) electrons. The van der Waals surface area contributed by atoms with Gasteiger partial charge in [0.1, 0.15) is 12.4 Å². The van der Waals surface area contributed by atoms with Crippen molar-refractivity contribution >= 4 is 27.9 Å². The first kappa shape index (κ1) is 15.2.